The van der Waals surface area contributed by atoms with Gasteiger partial charge in [0, 0.05) is 19.0 Å². The minimum Gasteiger partial charge on any atom is -0.329 e. The van der Waals surface area contributed by atoms with Crippen molar-refractivity contribution in [3.63, 3.8) is 0 Å². The van der Waals surface area contributed by atoms with Gasteiger partial charge in [0.25, 0.3) is 0 Å². The lowest BCUT2D eigenvalue weighted by atomic mass is 10.1. The third kappa shape index (κ3) is 5.58. The number of nitrogens with two attached hydrogens (primary N) is 1. The molecule has 0 heterocycles. The van der Waals surface area contributed by atoms with Gasteiger partial charge in [-0.1, -0.05) is 0 Å². The maximum absolute atomic E-state index is 13.5. The molecule has 0 spiro atoms. The van der Waals surface area contributed by atoms with E-state index in [1.54, 1.807) is 13.8 Å². The van der Waals surface area contributed by atoms with Crippen LogP contribution in [-0.4, -0.2) is 26.4 Å². The molecule has 1 aromatic rings. The number of carbonyl (C=O) groups excluding carboxylic acids is 1. The molecule has 1 rings (SSSR count). The first-order valence-corrected chi connectivity index (χ1v) is 7.37. The quantitative estimate of drug-likeness (QED) is 0.750. The van der Waals surface area contributed by atoms with Gasteiger partial charge in [0.05, 0.1) is 10.6 Å². The van der Waals surface area contributed by atoms with E-state index in [9.17, 15) is 17.6 Å². The number of hydrogen-bond donors (Lipinski definition) is 3. The Bertz CT molecular complexity index is 620. The zero-order valence-corrected chi connectivity index (χ0v) is 13.6. The molecular weight excluding hydrogens is 321 g/mol. The van der Waals surface area contributed by atoms with Crippen molar-refractivity contribution in [3.8, 4) is 0 Å². The Hall–Kier alpha value is -1.22. The lowest BCUT2D eigenvalue weighted by Gasteiger charge is -2.24. The molecule has 21 heavy (non-hydrogen) atoms. The van der Waals surface area contributed by atoms with Crippen LogP contribution in [0.25, 0.3) is 0 Å². The van der Waals surface area contributed by atoms with Crippen LogP contribution >= 0.6 is 12.4 Å². The number of nitrogens with one attached hydrogen (secondary N) is 2. The highest BCUT2D eigenvalue weighted by Gasteiger charge is 2.25. The van der Waals surface area contributed by atoms with E-state index in [1.165, 1.54) is 6.92 Å². The van der Waals surface area contributed by atoms with Gasteiger partial charge in [-0.05, 0) is 32.0 Å². The minimum absolute atomic E-state index is 0. The van der Waals surface area contributed by atoms with Crippen LogP contribution in [-0.2, 0) is 14.8 Å². The monoisotopic (exact) mass is 339 g/mol. The first kappa shape index (κ1) is 19.8. The third-order valence-electron chi connectivity index (χ3n) is 2.48. The highest BCUT2D eigenvalue weighted by molar-refractivity contribution is 7.89. The van der Waals surface area contributed by atoms with Crippen LogP contribution < -0.4 is 15.8 Å². The van der Waals surface area contributed by atoms with Crippen molar-refractivity contribution >= 4 is 34.0 Å². The highest BCUT2D eigenvalue weighted by atomic mass is 35.5. The van der Waals surface area contributed by atoms with E-state index >= 15 is 0 Å². The summed E-state index contributed by atoms with van der Waals surface area (Å²) in [6.07, 6.45) is 0. The Morgan fingerprint density at radius 1 is 1.38 bits per heavy atom. The molecule has 0 aliphatic rings. The summed E-state index contributed by atoms with van der Waals surface area (Å²) >= 11 is 0. The Morgan fingerprint density at radius 3 is 2.43 bits per heavy atom. The predicted molar refractivity (Wildman–Crippen MR) is 81.4 cm³/mol. The van der Waals surface area contributed by atoms with Gasteiger partial charge < -0.3 is 11.1 Å². The number of anilines is 1. The lowest BCUT2D eigenvalue weighted by Crippen LogP contribution is -2.48. The molecule has 1 aromatic carbocycles. The van der Waals surface area contributed by atoms with Gasteiger partial charge in [-0.25, -0.2) is 17.5 Å². The third-order valence-corrected chi connectivity index (χ3v) is 4.18. The van der Waals surface area contributed by atoms with E-state index in [1.807, 2.05) is 0 Å². The second kappa shape index (κ2) is 7.17. The molecule has 0 aliphatic heterocycles. The maximum Gasteiger partial charge on any atom is 0.241 e. The van der Waals surface area contributed by atoms with E-state index in [2.05, 4.69) is 10.0 Å². The van der Waals surface area contributed by atoms with Crippen LogP contribution in [0.2, 0.25) is 0 Å². The number of sulfonamides is 1. The standard InChI is InChI=1S/C12H18FN3O3S.ClH/c1-8(17)15-11-6-9(4-5-10(11)13)20(18,19)16-12(2,3)7-14;/h4-6,16H,7,14H2,1-3H3,(H,15,17);1H. The lowest BCUT2D eigenvalue weighted by molar-refractivity contribution is -0.114. The van der Waals surface area contributed by atoms with Crippen molar-refractivity contribution in [3.05, 3.63) is 24.0 Å². The fraction of sp³-hybridized carbons (Fsp3) is 0.417. The average molecular weight is 340 g/mol. The highest BCUT2D eigenvalue weighted by Crippen LogP contribution is 2.20. The van der Waals surface area contributed by atoms with Crippen molar-refractivity contribution in [1.29, 1.82) is 0 Å². The molecule has 9 heteroatoms. The molecule has 0 radical (unpaired) electrons. The van der Waals surface area contributed by atoms with Crippen LogP contribution in [0.15, 0.2) is 23.1 Å². The van der Waals surface area contributed by atoms with Crippen LogP contribution in [0.4, 0.5) is 10.1 Å². The SMILES string of the molecule is CC(=O)Nc1cc(S(=O)(=O)NC(C)(C)CN)ccc1F.Cl. The molecule has 0 aromatic heterocycles. The van der Waals surface area contributed by atoms with Crippen molar-refractivity contribution in [2.45, 2.75) is 31.2 Å². The van der Waals surface area contributed by atoms with Crippen LogP contribution in [0.3, 0.4) is 0 Å². The Morgan fingerprint density at radius 2 is 1.95 bits per heavy atom. The van der Waals surface area contributed by atoms with Gasteiger partial charge in [-0.2, -0.15) is 0 Å². The zero-order valence-electron chi connectivity index (χ0n) is 11.9. The molecule has 0 fully saturated rings. The van der Waals surface area contributed by atoms with Crippen molar-refractivity contribution in [1.82, 2.24) is 4.72 Å². The summed E-state index contributed by atoms with van der Waals surface area (Å²) in [4.78, 5) is 10.8. The molecule has 6 nitrogen and oxygen atoms in total. The van der Waals surface area contributed by atoms with Crippen LogP contribution in [0, 0.1) is 5.82 Å². The number of amides is 1. The molecule has 0 unspecified atom stereocenters. The summed E-state index contributed by atoms with van der Waals surface area (Å²) in [5.74, 6) is -1.20. The number of hydrogen-bond acceptors (Lipinski definition) is 4. The van der Waals surface area contributed by atoms with Crippen molar-refractivity contribution in [2.24, 2.45) is 5.73 Å². The molecule has 1 amide bonds. The first-order valence-electron chi connectivity index (χ1n) is 5.88. The van der Waals surface area contributed by atoms with Crippen molar-refractivity contribution < 1.29 is 17.6 Å². The summed E-state index contributed by atoms with van der Waals surface area (Å²) in [5.41, 5.74) is 4.45. The van der Waals surface area contributed by atoms with E-state index in [0.29, 0.717) is 0 Å². The molecule has 0 aliphatic carbocycles. The number of halogens is 2. The fourth-order valence-electron chi connectivity index (χ4n) is 1.42. The van der Waals surface area contributed by atoms with Gasteiger partial charge in [0.1, 0.15) is 5.82 Å². The van der Waals surface area contributed by atoms with E-state index in [4.69, 9.17) is 5.73 Å². The van der Waals surface area contributed by atoms with Gasteiger partial charge >= 0.3 is 0 Å². The zero-order chi connectivity index (χ0) is 15.6. The largest absolute Gasteiger partial charge is 0.329 e. The number of carbonyl (C=O) groups is 1. The van der Waals surface area contributed by atoms with Crippen LogP contribution in [0.1, 0.15) is 20.8 Å². The van der Waals surface area contributed by atoms with Gasteiger partial charge in [-0.15, -0.1) is 12.4 Å². The molecular formula is C12H19ClFN3O3S. The van der Waals surface area contributed by atoms with Gasteiger partial charge in [0.15, 0.2) is 0 Å². The van der Waals surface area contributed by atoms with Gasteiger partial charge in [0.2, 0.25) is 15.9 Å². The smallest absolute Gasteiger partial charge is 0.241 e. The summed E-state index contributed by atoms with van der Waals surface area (Å²) in [5, 5.41) is 2.23. The second-order valence-corrected chi connectivity index (χ2v) is 6.70. The molecule has 120 valence electrons. The summed E-state index contributed by atoms with van der Waals surface area (Å²) in [7, 11) is -3.85. The van der Waals surface area contributed by atoms with Crippen LogP contribution in [0.5, 0.6) is 0 Å². The average Bonchev–Trinajstić information content (AvgIpc) is 2.30. The molecule has 0 saturated heterocycles. The van der Waals surface area contributed by atoms with Crippen molar-refractivity contribution in [2.75, 3.05) is 11.9 Å². The molecule has 0 bridgehead atoms. The summed E-state index contributed by atoms with van der Waals surface area (Å²) in [6, 6.07) is 3.16. The minimum atomic E-state index is -3.85. The number of rotatable bonds is 5. The maximum atomic E-state index is 13.5. The summed E-state index contributed by atoms with van der Waals surface area (Å²) < 4.78 is 40.2. The van der Waals surface area contributed by atoms with Gasteiger partial charge in [-0.3, -0.25) is 4.79 Å². The van der Waals surface area contributed by atoms with E-state index in [-0.39, 0.29) is 29.5 Å². The Labute approximate surface area is 129 Å². The Balaban J connectivity index is 0.00000400. The van der Waals surface area contributed by atoms with E-state index in [0.717, 1.165) is 18.2 Å². The molecule has 4 N–H and O–H groups in total. The topological polar surface area (TPSA) is 101 Å². The fourth-order valence-corrected chi connectivity index (χ4v) is 2.87. The molecule has 0 atom stereocenters. The van der Waals surface area contributed by atoms with E-state index < -0.39 is 27.3 Å². The second-order valence-electron chi connectivity index (χ2n) is 5.02. The molecule has 0 saturated carbocycles. The summed E-state index contributed by atoms with van der Waals surface area (Å²) in [6.45, 7) is 4.56. The predicted octanol–water partition coefficient (Wildman–Crippen LogP) is 1.22. The Kier molecular flexibility index (Phi) is 6.75. The normalized spacial score (nSPS) is 11.7. The number of benzene rings is 1. The first-order chi connectivity index (χ1) is 9.07.